The molecule has 0 saturated heterocycles. The van der Waals surface area contributed by atoms with Gasteiger partial charge in [0.05, 0.1) is 6.10 Å². The Balaban J connectivity index is 1.94. The van der Waals surface area contributed by atoms with Gasteiger partial charge in [-0.15, -0.1) is 0 Å². The van der Waals surface area contributed by atoms with E-state index in [-0.39, 0.29) is 23.5 Å². The summed E-state index contributed by atoms with van der Waals surface area (Å²) in [7, 11) is 0. The zero-order valence-corrected chi connectivity index (χ0v) is 11.1. The minimum atomic E-state index is -0.0366. The van der Waals surface area contributed by atoms with E-state index >= 15 is 0 Å². The molecule has 0 bridgehead atoms. The molecule has 1 amide bonds. The summed E-state index contributed by atoms with van der Waals surface area (Å²) in [6.07, 6.45) is 4.39. The molecule has 2 atom stereocenters. The average Bonchev–Trinajstić information content (AvgIpc) is 2.38. The lowest BCUT2D eigenvalue weighted by Crippen LogP contribution is -2.62. The van der Waals surface area contributed by atoms with Crippen molar-refractivity contribution in [2.24, 2.45) is 5.41 Å². The zero-order chi connectivity index (χ0) is 13.2. The minimum absolute atomic E-state index is 0.00129. The van der Waals surface area contributed by atoms with Crippen LogP contribution < -0.4 is 5.32 Å². The van der Waals surface area contributed by atoms with E-state index in [1.807, 2.05) is 6.92 Å². The normalized spacial score (nSPS) is 25.3. The molecule has 4 heteroatoms. The largest absolute Gasteiger partial charge is 0.378 e. The van der Waals surface area contributed by atoms with Crippen LogP contribution in [0.4, 0.5) is 0 Å². The van der Waals surface area contributed by atoms with E-state index in [9.17, 15) is 4.79 Å². The highest BCUT2D eigenvalue weighted by Gasteiger charge is 2.49. The second-order valence-corrected chi connectivity index (χ2v) is 5.26. The Hall–Kier alpha value is -1.42. The van der Waals surface area contributed by atoms with Crippen molar-refractivity contribution in [1.29, 1.82) is 0 Å². The van der Waals surface area contributed by atoms with Crippen molar-refractivity contribution < 1.29 is 9.53 Å². The van der Waals surface area contributed by atoms with E-state index in [1.54, 1.807) is 24.5 Å². The summed E-state index contributed by atoms with van der Waals surface area (Å²) >= 11 is 0. The van der Waals surface area contributed by atoms with E-state index < -0.39 is 0 Å². The fraction of sp³-hybridized carbons (Fsp3) is 0.571. The quantitative estimate of drug-likeness (QED) is 0.886. The number of pyridine rings is 1. The molecule has 4 nitrogen and oxygen atoms in total. The van der Waals surface area contributed by atoms with Gasteiger partial charge in [0.1, 0.15) is 0 Å². The van der Waals surface area contributed by atoms with Crippen LogP contribution in [0.15, 0.2) is 24.5 Å². The lowest BCUT2D eigenvalue weighted by molar-refractivity contribution is -0.111. The fourth-order valence-electron chi connectivity index (χ4n) is 2.36. The molecule has 0 aromatic carbocycles. The first-order valence-corrected chi connectivity index (χ1v) is 6.38. The van der Waals surface area contributed by atoms with Crippen LogP contribution in [0.1, 0.15) is 37.6 Å². The van der Waals surface area contributed by atoms with E-state index in [0.29, 0.717) is 5.56 Å². The molecule has 1 saturated carbocycles. The fourth-order valence-corrected chi connectivity index (χ4v) is 2.36. The third-order valence-corrected chi connectivity index (χ3v) is 3.79. The number of carbonyl (C=O) groups excluding carboxylic acids is 1. The molecule has 1 aliphatic rings. The zero-order valence-electron chi connectivity index (χ0n) is 11.1. The van der Waals surface area contributed by atoms with Crippen LogP contribution in [-0.4, -0.2) is 29.6 Å². The highest BCUT2D eigenvalue weighted by Crippen LogP contribution is 2.42. The molecule has 1 aromatic rings. The number of hydrogen-bond donors (Lipinski definition) is 1. The van der Waals surface area contributed by atoms with Crippen LogP contribution in [-0.2, 0) is 4.74 Å². The average molecular weight is 248 g/mol. The summed E-state index contributed by atoms with van der Waals surface area (Å²) in [5, 5.41) is 3.06. The van der Waals surface area contributed by atoms with Crippen LogP contribution in [0, 0.1) is 5.41 Å². The van der Waals surface area contributed by atoms with E-state index in [2.05, 4.69) is 24.1 Å². The third-order valence-electron chi connectivity index (χ3n) is 3.79. The first-order valence-electron chi connectivity index (χ1n) is 6.38. The van der Waals surface area contributed by atoms with Crippen molar-refractivity contribution in [3.8, 4) is 0 Å². The van der Waals surface area contributed by atoms with Crippen molar-refractivity contribution in [3.05, 3.63) is 30.1 Å². The Morgan fingerprint density at radius 3 is 2.72 bits per heavy atom. The van der Waals surface area contributed by atoms with Gasteiger partial charge in [0.15, 0.2) is 0 Å². The third kappa shape index (κ3) is 2.38. The van der Waals surface area contributed by atoms with Crippen LogP contribution in [0.5, 0.6) is 0 Å². The van der Waals surface area contributed by atoms with Gasteiger partial charge in [0.25, 0.3) is 5.91 Å². The summed E-state index contributed by atoms with van der Waals surface area (Å²) in [5.41, 5.74) is 0.652. The van der Waals surface area contributed by atoms with Gasteiger partial charge < -0.3 is 10.1 Å². The van der Waals surface area contributed by atoms with Crippen LogP contribution in [0.3, 0.4) is 0 Å². The predicted octanol–water partition coefficient (Wildman–Crippen LogP) is 2.02. The van der Waals surface area contributed by atoms with Crippen molar-refractivity contribution in [2.45, 2.75) is 39.3 Å². The molecule has 98 valence electrons. The molecular formula is C14H20N2O2. The van der Waals surface area contributed by atoms with Crippen LogP contribution in [0.2, 0.25) is 0 Å². The molecule has 1 heterocycles. The van der Waals surface area contributed by atoms with Gasteiger partial charge in [0, 0.05) is 36.0 Å². The summed E-state index contributed by atoms with van der Waals surface area (Å²) in [6.45, 7) is 6.99. The maximum atomic E-state index is 12.0. The highest BCUT2D eigenvalue weighted by atomic mass is 16.5. The van der Waals surface area contributed by atoms with Gasteiger partial charge in [-0.25, -0.2) is 0 Å². The second-order valence-electron chi connectivity index (χ2n) is 5.26. The van der Waals surface area contributed by atoms with E-state index in [4.69, 9.17) is 4.74 Å². The topological polar surface area (TPSA) is 51.2 Å². The number of hydrogen-bond acceptors (Lipinski definition) is 3. The molecule has 1 aromatic heterocycles. The van der Waals surface area contributed by atoms with Gasteiger partial charge in [-0.05, 0) is 25.5 Å². The molecule has 1 aliphatic carbocycles. The highest BCUT2D eigenvalue weighted by molar-refractivity contribution is 5.94. The lowest BCUT2D eigenvalue weighted by Gasteiger charge is -2.51. The Morgan fingerprint density at radius 2 is 2.17 bits per heavy atom. The summed E-state index contributed by atoms with van der Waals surface area (Å²) in [4.78, 5) is 15.9. The molecule has 2 rings (SSSR count). The SMILES string of the molecule is CCO[C@H]1C[C@@H](NC(=O)c2ccncc2)C1(C)C. The Bertz CT molecular complexity index is 417. The maximum Gasteiger partial charge on any atom is 0.251 e. The van der Waals surface area contributed by atoms with Gasteiger partial charge in [-0.1, -0.05) is 13.8 Å². The van der Waals surface area contributed by atoms with Crippen molar-refractivity contribution >= 4 is 5.91 Å². The van der Waals surface area contributed by atoms with Crippen molar-refractivity contribution in [3.63, 3.8) is 0 Å². The van der Waals surface area contributed by atoms with Crippen LogP contribution >= 0.6 is 0 Å². The van der Waals surface area contributed by atoms with Gasteiger partial charge in [-0.2, -0.15) is 0 Å². The van der Waals surface area contributed by atoms with Gasteiger partial charge in [-0.3, -0.25) is 9.78 Å². The second kappa shape index (κ2) is 5.06. The molecule has 1 N–H and O–H groups in total. The molecule has 0 radical (unpaired) electrons. The molecular weight excluding hydrogens is 228 g/mol. The number of amides is 1. The number of nitrogens with one attached hydrogen (secondary N) is 1. The molecule has 1 fully saturated rings. The Kier molecular flexibility index (Phi) is 3.66. The molecule has 0 spiro atoms. The lowest BCUT2D eigenvalue weighted by atomic mass is 9.64. The van der Waals surface area contributed by atoms with Gasteiger partial charge >= 0.3 is 0 Å². The van der Waals surface area contributed by atoms with E-state index in [1.165, 1.54) is 0 Å². The summed E-state index contributed by atoms with van der Waals surface area (Å²) in [5.74, 6) is -0.0366. The molecule has 0 aliphatic heterocycles. The number of nitrogens with zero attached hydrogens (tertiary/aromatic N) is 1. The number of rotatable bonds is 4. The molecule has 0 unspecified atom stereocenters. The number of ether oxygens (including phenoxy) is 1. The predicted molar refractivity (Wildman–Crippen MR) is 69.3 cm³/mol. The standard InChI is InChI=1S/C14H20N2O2/c1-4-18-12-9-11(14(12,2)3)16-13(17)10-5-7-15-8-6-10/h5-8,11-12H,4,9H2,1-3H3,(H,16,17)/t11-,12+/m1/s1. The Morgan fingerprint density at radius 1 is 1.50 bits per heavy atom. The summed E-state index contributed by atoms with van der Waals surface area (Å²) in [6, 6.07) is 3.62. The first kappa shape index (κ1) is 13.0. The maximum absolute atomic E-state index is 12.0. The van der Waals surface area contributed by atoms with Gasteiger partial charge in [0.2, 0.25) is 0 Å². The summed E-state index contributed by atoms with van der Waals surface area (Å²) < 4.78 is 5.65. The van der Waals surface area contributed by atoms with Crippen molar-refractivity contribution in [1.82, 2.24) is 10.3 Å². The van der Waals surface area contributed by atoms with Crippen molar-refractivity contribution in [2.75, 3.05) is 6.61 Å². The smallest absolute Gasteiger partial charge is 0.251 e. The minimum Gasteiger partial charge on any atom is -0.378 e. The monoisotopic (exact) mass is 248 g/mol. The number of carbonyl (C=O) groups is 1. The van der Waals surface area contributed by atoms with E-state index in [0.717, 1.165) is 13.0 Å². The van der Waals surface area contributed by atoms with Crippen LogP contribution in [0.25, 0.3) is 0 Å². The molecule has 18 heavy (non-hydrogen) atoms. The number of aromatic nitrogens is 1. The Labute approximate surface area is 108 Å². The first-order chi connectivity index (χ1) is 8.55.